The largest absolute Gasteiger partial charge is 0.426 e. The normalized spacial score (nSPS) is 15.7. The first-order chi connectivity index (χ1) is 18.9. The van der Waals surface area contributed by atoms with Crippen molar-refractivity contribution >= 4 is 39.2 Å². The summed E-state index contributed by atoms with van der Waals surface area (Å²) < 4.78 is 51.3. The minimum Gasteiger partial charge on any atom is -0.426 e. The van der Waals surface area contributed by atoms with Crippen molar-refractivity contribution in [3.63, 3.8) is 0 Å². The van der Waals surface area contributed by atoms with E-state index in [0.29, 0.717) is 36.4 Å². The average Bonchev–Trinajstić information content (AvgIpc) is 3.64. The third-order valence-electron chi connectivity index (χ3n) is 6.24. The highest BCUT2D eigenvalue weighted by Crippen LogP contribution is 2.41. The fourth-order valence-corrected chi connectivity index (χ4v) is 5.45. The number of carbonyl (C=O) groups excluding carboxylic acids is 3. The first-order valence-corrected chi connectivity index (χ1v) is 15.1. The van der Waals surface area contributed by atoms with Crippen LogP contribution in [-0.2, 0) is 32.7 Å². The Morgan fingerprint density at radius 2 is 1.73 bits per heavy atom. The van der Waals surface area contributed by atoms with Crippen LogP contribution >= 0.6 is 11.3 Å². The maximum absolute atomic E-state index is 14.7. The number of hydrogen-bond acceptors (Lipinski definition) is 9. The quantitative estimate of drug-likeness (QED) is 0.239. The van der Waals surface area contributed by atoms with Crippen molar-refractivity contribution in [2.75, 3.05) is 12.8 Å². The fraction of sp³-hybridized carbons (Fsp3) is 0.321. The Hall–Kier alpha value is -3.45. The van der Waals surface area contributed by atoms with Crippen molar-refractivity contribution in [2.24, 2.45) is 5.92 Å². The summed E-state index contributed by atoms with van der Waals surface area (Å²) in [7, 11) is -3.67. The predicted octanol–water partition coefficient (Wildman–Crippen LogP) is 4.61. The fourth-order valence-electron chi connectivity index (χ4n) is 4.44. The molecule has 1 atom stereocenters. The van der Waals surface area contributed by atoms with E-state index in [0.717, 1.165) is 23.3 Å². The first kappa shape index (κ1) is 29.5. The maximum Gasteiger partial charge on any atom is 0.348 e. The molecule has 1 saturated carbocycles. The standard InChI is InChI=1S/C27H24FNO5S.CH4O3S/c1-16(30)33-22-9-5-3-7-20(22)27(32)34-24-14-18-15-29(13-12-23(18)35-24)25(26(31)17-10-11-17)19-6-2-4-8-21(19)28;1-5(2,3)4/h2-9,14,17,25H,10-13,15H2,1H3;1H3,(H,2,3,4). The van der Waals surface area contributed by atoms with Gasteiger partial charge in [0.25, 0.3) is 10.1 Å². The highest BCUT2D eigenvalue weighted by atomic mass is 32.2. The van der Waals surface area contributed by atoms with Gasteiger partial charge in [0.2, 0.25) is 0 Å². The molecule has 2 aromatic carbocycles. The molecule has 1 N–H and O–H groups in total. The molecular weight excluding hydrogens is 561 g/mol. The number of para-hydroxylation sites is 1. The third kappa shape index (κ3) is 7.81. The lowest BCUT2D eigenvalue weighted by atomic mass is 9.95. The second-order valence-electron chi connectivity index (χ2n) is 9.55. The number of thiophene rings is 1. The van der Waals surface area contributed by atoms with E-state index >= 15 is 0 Å². The van der Waals surface area contributed by atoms with E-state index in [9.17, 15) is 27.2 Å². The molecule has 0 amide bonds. The molecule has 0 radical (unpaired) electrons. The number of benzene rings is 2. The highest BCUT2D eigenvalue weighted by Gasteiger charge is 2.40. The summed E-state index contributed by atoms with van der Waals surface area (Å²) in [5.41, 5.74) is 1.53. The summed E-state index contributed by atoms with van der Waals surface area (Å²) in [6.07, 6.45) is 3.10. The molecule has 0 spiro atoms. The number of nitrogens with zero attached hydrogens (tertiary/aromatic N) is 1. The second-order valence-corrected chi connectivity index (χ2v) is 12.1. The number of halogens is 1. The third-order valence-corrected chi connectivity index (χ3v) is 7.36. The molecular formula is C28H28FNO8S2. The zero-order valence-corrected chi connectivity index (χ0v) is 23.5. The lowest BCUT2D eigenvalue weighted by Gasteiger charge is -2.34. The van der Waals surface area contributed by atoms with Crippen LogP contribution in [0.25, 0.3) is 0 Å². The van der Waals surface area contributed by atoms with E-state index in [1.165, 1.54) is 30.4 Å². The van der Waals surface area contributed by atoms with Gasteiger partial charge in [-0.05, 0) is 49.1 Å². The van der Waals surface area contributed by atoms with E-state index in [1.54, 1.807) is 42.5 Å². The smallest absolute Gasteiger partial charge is 0.348 e. The van der Waals surface area contributed by atoms with Gasteiger partial charge >= 0.3 is 11.9 Å². The van der Waals surface area contributed by atoms with E-state index in [2.05, 4.69) is 0 Å². The Bertz CT molecular complexity index is 1520. The van der Waals surface area contributed by atoms with Gasteiger partial charge in [-0.2, -0.15) is 8.42 Å². The van der Waals surface area contributed by atoms with Gasteiger partial charge < -0.3 is 9.47 Å². The van der Waals surface area contributed by atoms with Crippen LogP contribution in [0.15, 0.2) is 54.6 Å². The van der Waals surface area contributed by atoms with Crippen LogP contribution in [0.3, 0.4) is 0 Å². The number of rotatable bonds is 7. The Morgan fingerprint density at radius 1 is 1.07 bits per heavy atom. The highest BCUT2D eigenvalue weighted by molar-refractivity contribution is 7.85. The monoisotopic (exact) mass is 589 g/mol. The minimum atomic E-state index is -3.67. The Kier molecular flexibility index (Phi) is 9.14. The number of ketones is 1. The van der Waals surface area contributed by atoms with Crippen LogP contribution in [0.5, 0.6) is 10.8 Å². The predicted molar refractivity (Wildman–Crippen MR) is 145 cm³/mol. The lowest BCUT2D eigenvalue weighted by Crippen LogP contribution is -2.38. The number of Topliss-reactive ketones (excluding diaryl/α,β-unsaturated/α-hetero) is 1. The van der Waals surface area contributed by atoms with Gasteiger partial charge in [0, 0.05) is 36.4 Å². The summed E-state index contributed by atoms with van der Waals surface area (Å²) >= 11 is 1.38. The molecule has 2 heterocycles. The Balaban J connectivity index is 0.000000681. The number of carbonyl (C=O) groups is 3. The summed E-state index contributed by atoms with van der Waals surface area (Å²) in [4.78, 5) is 40.4. The molecule has 12 heteroatoms. The molecule has 2 aliphatic rings. The van der Waals surface area contributed by atoms with Gasteiger partial charge in [-0.3, -0.25) is 19.0 Å². The van der Waals surface area contributed by atoms with Crippen LogP contribution in [0.2, 0.25) is 0 Å². The SMILES string of the molecule is CC(=O)Oc1ccccc1C(=O)Oc1cc2c(s1)CCN(C(C(=O)C1CC1)c1ccccc1F)C2.CS(=O)(=O)O. The minimum absolute atomic E-state index is 0.00252. The molecule has 1 aliphatic heterocycles. The molecule has 1 aromatic heterocycles. The number of fused-ring (bicyclic) bond motifs is 1. The van der Waals surface area contributed by atoms with Gasteiger partial charge in [-0.15, -0.1) is 11.3 Å². The number of hydrogen-bond donors (Lipinski definition) is 1. The van der Waals surface area contributed by atoms with Gasteiger partial charge in [0.15, 0.2) is 10.8 Å². The first-order valence-electron chi connectivity index (χ1n) is 12.5. The van der Waals surface area contributed by atoms with E-state index in [-0.39, 0.29) is 28.8 Å². The zero-order valence-electron chi connectivity index (χ0n) is 21.8. The Labute approximate surface area is 235 Å². The summed E-state index contributed by atoms with van der Waals surface area (Å²) in [6.45, 7) is 2.34. The Morgan fingerprint density at radius 3 is 2.38 bits per heavy atom. The molecule has 1 aliphatic carbocycles. The van der Waals surface area contributed by atoms with Crippen molar-refractivity contribution in [1.29, 1.82) is 0 Å². The van der Waals surface area contributed by atoms with Gasteiger partial charge in [-0.1, -0.05) is 30.3 Å². The molecule has 212 valence electrons. The van der Waals surface area contributed by atoms with E-state index < -0.39 is 28.1 Å². The van der Waals surface area contributed by atoms with Crippen LogP contribution in [0.4, 0.5) is 4.39 Å². The summed E-state index contributed by atoms with van der Waals surface area (Å²) in [5.74, 6) is -1.31. The summed E-state index contributed by atoms with van der Waals surface area (Å²) in [5, 5.41) is 0.426. The molecule has 0 saturated heterocycles. The molecule has 40 heavy (non-hydrogen) atoms. The van der Waals surface area contributed by atoms with Crippen molar-refractivity contribution in [3.8, 4) is 10.8 Å². The van der Waals surface area contributed by atoms with Crippen molar-refractivity contribution in [1.82, 2.24) is 4.90 Å². The van der Waals surface area contributed by atoms with E-state index in [1.807, 2.05) is 4.90 Å². The van der Waals surface area contributed by atoms with Crippen molar-refractivity contribution in [3.05, 3.63) is 82.0 Å². The molecule has 9 nitrogen and oxygen atoms in total. The van der Waals surface area contributed by atoms with Crippen molar-refractivity contribution < 1.29 is 41.2 Å². The average molecular weight is 590 g/mol. The molecule has 1 fully saturated rings. The van der Waals surface area contributed by atoms with Crippen LogP contribution in [-0.4, -0.2) is 48.4 Å². The molecule has 3 aromatic rings. The maximum atomic E-state index is 14.7. The topological polar surface area (TPSA) is 127 Å². The van der Waals surface area contributed by atoms with Gasteiger partial charge in [-0.25, -0.2) is 9.18 Å². The van der Waals surface area contributed by atoms with Crippen LogP contribution in [0, 0.1) is 11.7 Å². The summed E-state index contributed by atoms with van der Waals surface area (Å²) in [6, 6.07) is 14.1. The number of ether oxygens (including phenoxy) is 2. The van der Waals surface area contributed by atoms with Gasteiger partial charge in [0.05, 0.1) is 12.3 Å². The van der Waals surface area contributed by atoms with E-state index in [4.69, 9.17) is 14.0 Å². The van der Waals surface area contributed by atoms with Gasteiger partial charge in [0.1, 0.15) is 17.1 Å². The lowest BCUT2D eigenvalue weighted by molar-refractivity contribution is -0.132. The molecule has 0 bridgehead atoms. The molecule has 1 unspecified atom stereocenters. The zero-order chi connectivity index (χ0) is 29.0. The van der Waals surface area contributed by atoms with Crippen molar-refractivity contribution in [2.45, 2.75) is 38.8 Å². The second kappa shape index (κ2) is 12.4. The molecule has 5 rings (SSSR count). The van der Waals surface area contributed by atoms with Crippen LogP contribution < -0.4 is 9.47 Å². The number of esters is 2. The van der Waals surface area contributed by atoms with Crippen LogP contribution in [0.1, 0.15) is 52.2 Å².